The Balaban J connectivity index is 1.42. The molecule has 0 atom stereocenters. The molecular weight excluding hydrogens is 428 g/mol. The van der Waals surface area contributed by atoms with E-state index in [0.29, 0.717) is 17.9 Å². The largest absolute Gasteiger partial charge is 0.287 e. The lowest BCUT2D eigenvalue weighted by atomic mass is 10.1. The lowest BCUT2D eigenvalue weighted by molar-refractivity contribution is 0.0843. The van der Waals surface area contributed by atoms with Crippen molar-refractivity contribution in [2.24, 2.45) is 0 Å². The number of carbonyl (C=O) groups excluding carboxylic acids is 2. The van der Waals surface area contributed by atoms with Gasteiger partial charge in [-0.2, -0.15) is 10.2 Å². The highest BCUT2D eigenvalue weighted by Crippen LogP contribution is 2.21. The summed E-state index contributed by atoms with van der Waals surface area (Å²) in [5.74, 6) is -1.09. The van der Waals surface area contributed by atoms with E-state index in [1.165, 1.54) is 0 Å². The molecule has 0 saturated carbocycles. The lowest BCUT2D eigenvalue weighted by Crippen LogP contribution is -2.42. The summed E-state index contributed by atoms with van der Waals surface area (Å²) in [5, 5.41) is 11.4. The first-order valence-corrected chi connectivity index (χ1v) is 10.3. The van der Waals surface area contributed by atoms with Crippen molar-refractivity contribution in [2.75, 3.05) is 0 Å². The summed E-state index contributed by atoms with van der Waals surface area (Å²) in [4.78, 5) is 25.1. The number of aromatic amines is 1. The monoisotopic (exact) mass is 448 g/mol. The smallest absolute Gasteiger partial charge is 0.272 e. The van der Waals surface area contributed by atoms with Crippen LogP contribution in [-0.4, -0.2) is 31.8 Å². The molecule has 0 fully saturated rings. The van der Waals surface area contributed by atoms with Crippen molar-refractivity contribution < 1.29 is 9.59 Å². The average molecular weight is 449 g/mol. The van der Waals surface area contributed by atoms with Gasteiger partial charge in [-0.1, -0.05) is 71.8 Å². The summed E-state index contributed by atoms with van der Waals surface area (Å²) in [6.07, 6.45) is 0. The third-order valence-corrected chi connectivity index (χ3v) is 5.31. The molecule has 4 aromatic rings. The summed E-state index contributed by atoms with van der Waals surface area (Å²) >= 11 is 6.42. The van der Waals surface area contributed by atoms with Gasteiger partial charge in [0.2, 0.25) is 0 Å². The normalized spacial score (nSPS) is 10.7. The molecule has 0 aliphatic carbocycles. The number of halogens is 1. The molecule has 3 N–H and O–H groups in total. The predicted molar refractivity (Wildman–Crippen MR) is 121 cm³/mol. The molecule has 32 heavy (non-hydrogen) atoms. The highest BCUT2D eigenvalue weighted by Gasteiger charge is 2.21. The fourth-order valence-corrected chi connectivity index (χ4v) is 3.54. The zero-order valence-electron chi connectivity index (χ0n) is 17.5. The van der Waals surface area contributed by atoms with Crippen molar-refractivity contribution >= 4 is 23.4 Å². The number of hydrogen-bond donors (Lipinski definition) is 3. The zero-order chi connectivity index (χ0) is 22.7. The number of nitrogens with one attached hydrogen (secondary N) is 3. The number of hydrogen-bond acceptors (Lipinski definition) is 4. The van der Waals surface area contributed by atoms with E-state index in [1.54, 1.807) is 17.7 Å². The molecule has 2 heterocycles. The summed E-state index contributed by atoms with van der Waals surface area (Å²) in [7, 11) is 0. The zero-order valence-corrected chi connectivity index (χ0v) is 18.3. The van der Waals surface area contributed by atoms with Crippen molar-refractivity contribution in [2.45, 2.75) is 20.4 Å². The van der Waals surface area contributed by atoms with E-state index in [4.69, 9.17) is 11.6 Å². The third-order valence-electron chi connectivity index (χ3n) is 4.93. The highest BCUT2D eigenvalue weighted by atomic mass is 35.5. The Hall–Kier alpha value is -3.91. The number of benzene rings is 2. The Labute approximate surface area is 189 Å². The molecule has 0 bridgehead atoms. The Morgan fingerprint density at radius 3 is 2.41 bits per heavy atom. The van der Waals surface area contributed by atoms with Crippen molar-refractivity contribution in [3.8, 4) is 11.3 Å². The Bertz CT molecular complexity index is 1260. The van der Waals surface area contributed by atoms with Crippen LogP contribution in [0, 0.1) is 13.8 Å². The molecule has 2 amide bonds. The van der Waals surface area contributed by atoms with Crippen molar-refractivity contribution in [1.29, 1.82) is 0 Å². The molecule has 0 spiro atoms. The van der Waals surface area contributed by atoms with Gasteiger partial charge < -0.3 is 0 Å². The first-order valence-electron chi connectivity index (χ1n) is 9.92. The minimum Gasteiger partial charge on any atom is -0.272 e. The van der Waals surface area contributed by atoms with Gasteiger partial charge in [0.1, 0.15) is 16.4 Å². The van der Waals surface area contributed by atoms with E-state index in [-0.39, 0.29) is 16.4 Å². The predicted octanol–water partition coefficient (Wildman–Crippen LogP) is 3.67. The number of aryl methyl sites for hydroxylation is 2. The van der Waals surface area contributed by atoms with Crippen LogP contribution in [0.4, 0.5) is 0 Å². The molecule has 9 heteroatoms. The van der Waals surface area contributed by atoms with Gasteiger partial charge in [-0.3, -0.25) is 25.5 Å². The first-order chi connectivity index (χ1) is 15.4. The second-order valence-corrected chi connectivity index (χ2v) is 7.69. The SMILES string of the molecule is Cc1ccc(Cn2nc(C)c(C(=O)NNC(=O)c3cc(-c4ccccc4)n[nH]3)c2Cl)cc1. The van der Waals surface area contributed by atoms with Gasteiger partial charge in [0.25, 0.3) is 11.8 Å². The standard InChI is InChI=1S/C23H21ClN6O2/c1-14-8-10-16(11-9-14)13-30-21(24)20(15(2)29-30)23(32)28-27-22(31)19-12-18(25-26-19)17-6-4-3-5-7-17/h3-12H,13H2,1-2H3,(H,25,26)(H,27,31)(H,28,32). The van der Waals surface area contributed by atoms with Crippen LogP contribution < -0.4 is 10.9 Å². The molecule has 4 rings (SSSR count). The van der Waals surface area contributed by atoms with E-state index in [1.807, 2.05) is 61.5 Å². The molecular formula is C23H21ClN6O2. The Kier molecular flexibility index (Phi) is 6.04. The quantitative estimate of drug-likeness (QED) is 0.405. The molecule has 2 aromatic heterocycles. The van der Waals surface area contributed by atoms with Crippen LogP contribution >= 0.6 is 11.6 Å². The Morgan fingerprint density at radius 1 is 1.00 bits per heavy atom. The molecule has 0 radical (unpaired) electrons. The molecule has 0 aliphatic rings. The van der Waals surface area contributed by atoms with Crippen molar-refractivity contribution in [3.05, 3.63) is 93.9 Å². The fourth-order valence-electron chi connectivity index (χ4n) is 3.22. The number of rotatable bonds is 5. The minimum atomic E-state index is -0.557. The van der Waals surface area contributed by atoms with E-state index in [0.717, 1.165) is 16.7 Å². The van der Waals surface area contributed by atoms with Gasteiger partial charge in [-0.05, 0) is 25.5 Å². The second kappa shape index (κ2) is 9.07. The number of amides is 2. The summed E-state index contributed by atoms with van der Waals surface area (Å²) in [5.41, 5.74) is 9.29. The highest BCUT2D eigenvalue weighted by molar-refractivity contribution is 6.33. The van der Waals surface area contributed by atoms with Crippen LogP contribution in [0.5, 0.6) is 0 Å². The fraction of sp³-hybridized carbons (Fsp3) is 0.130. The van der Waals surface area contributed by atoms with Crippen LogP contribution in [0.2, 0.25) is 5.15 Å². The maximum atomic E-state index is 12.7. The van der Waals surface area contributed by atoms with Gasteiger partial charge >= 0.3 is 0 Å². The van der Waals surface area contributed by atoms with Crippen LogP contribution in [0.3, 0.4) is 0 Å². The maximum absolute atomic E-state index is 12.7. The number of aromatic nitrogens is 4. The lowest BCUT2D eigenvalue weighted by Gasteiger charge is -2.07. The van der Waals surface area contributed by atoms with Gasteiger partial charge in [0, 0.05) is 5.56 Å². The van der Waals surface area contributed by atoms with Gasteiger partial charge in [0.05, 0.1) is 17.9 Å². The van der Waals surface area contributed by atoms with E-state index < -0.39 is 11.8 Å². The number of hydrazine groups is 1. The minimum absolute atomic E-state index is 0.197. The molecule has 0 saturated heterocycles. The summed E-state index contributed by atoms with van der Waals surface area (Å²) in [6, 6.07) is 19.0. The van der Waals surface area contributed by atoms with Crippen LogP contribution in [-0.2, 0) is 6.54 Å². The summed E-state index contributed by atoms with van der Waals surface area (Å²) in [6.45, 7) is 4.13. The van der Waals surface area contributed by atoms with E-state index in [9.17, 15) is 9.59 Å². The third kappa shape index (κ3) is 4.55. The molecule has 0 unspecified atom stereocenters. The van der Waals surface area contributed by atoms with Crippen LogP contribution in [0.15, 0.2) is 60.7 Å². The van der Waals surface area contributed by atoms with Gasteiger partial charge in [-0.25, -0.2) is 4.68 Å². The number of H-pyrrole nitrogens is 1. The molecule has 162 valence electrons. The first kappa shape index (κ1) is 21.3. The molecule has 0 aliphatic heterocycles. The van der Waals surface area contributed by atoms with E-state index in [2.05, 4.69) is 26.1 Å². The number of carbonyl (C=O) groups is 2. The summed E-state index contributed by atoms with van der Waals surface area (Å²) < 4.78 is 1.55. The van der Waals surface area contributed by atoms with E-state index >= 15 is 0 Å². The van der Waals surface area contributed by atoms with Crippen LogP contribution in [0.25, 0.3) is 11.3 Å². The van der Waals surface area contributed by atoms with Gasteiger partial charge in [-0.15, -0.1) is 0 Å². The Morgan fingerprint density at radius 2 is 1.69 bits per heavy atom. The van der Waals surface area contributed by atoms with Crippen LogP contribution in [0.1, 0.15) is 37.7 Å². The number of nitrogens with zero attached hydrogens (tertiary/aromatic N) is 3. The molecule has 2 aromatic carbocycles. The molecule has 8 nitrogen and oxygen atoms in total. The van der Waals surface area contributed by atoms with Gasteiger partial charge in [0.15, 0.2) is 0 Å². The van der Waals surface area contributed by atoms with Crippen molar-refractivity contribution in [3.63, 3.8) is 0 Å². The topological polar surface area (TPSA) is 105 Å². The van der Waals surface area contributed by atoms with Crippen molar-refractivity contribution in [1.82, 2.24) is 30.8 Å². The second-order valence-electron chi connectivity index (χ2n) is 7.34. The maximum Gasteiger partial charge on any atom is 0.287 e. The average Bonchev–Trinajstić information content (AvgIpc) is 3.39.